The fourth-order valence-electron chi connectivity index (χ4n) is 5.14. The van der Waals surface area contributed by atoms with Crippen molar-refractivity contribution in [1.82, 2.24) is 9.55 Å². The molecule has 132 valence electrons. The van der Waals surface area contributed by atoms with E-state index in [0.29, 0.717) is 16.8 Å². The van der Waals surface area contributed by atoms with Crippen LogP contribution >= 0.6 is 0 Å². The van der Waals surface area contributed by atoms with Crippen LogP contribution < -0.4 is 21.8 Å². The number of benzene rings is 2. The van der Waals surface area contributed by atoms with Crippen LogP contribution in [0, 0.1) is 0 Å². The van der Waals surface area contributed by atoms with Crippen LogP contribution in [0.1, 0.15) is 31.7 Å². The fraction of sp³-hybridized carbons (Fsp3) is 0.217. The SMILES string of the molecule is C=c1c2cc3c4cc5c(=O)[nH]c(=O)c5cc4c3cc2c(=C)n1C1CCCC1. The van der Waals surface area contributed by atoms with E-state index in [0.717, 1.165) is 43.0 Å². The second-order valence-electron chi connectivity index (χ2n) is 7.87. The number of nitrogens with one attached hydrogen (secondary N) is 1. The molecule has 0 radical (unpaired) electrons. The summed E-state index contributed by atoms with van der Waals surface area (Å²) >= 11 is 0. The summed E-state index contributed by atoms with van der Waals surface area (Å²) in [6.45, 7) is 8.72. The zero-order valence-corrected chi connectivity index (χ0v) is 14.9. The molecule has 6 rings (SSSR count). The van der Waals surface area contributed by atoms with Gasteiger partial charge in [-0.2, -0.15) is 0 Å². The average molecular weight is 354 g/mol. The van der Waals surface area contributed by atoms with E-state index in [2.05, 4.69) is 34.8 Å². The summed E-state index contributed by atoms with van der Waals surface area (Å²) in [5, 5.41) is 9.61. The molecule has 5 aromatic rings. The number of nitrogens with zero attached hydrogens (tertiary/aromatic N) is 1. The van der Waals surface area contributed by atoms with Crippen LogP contribution in [0.2, 0.25) is 0 Å². The summed E-state index contributed by atoms with van der Waals surface area (Å²) in [7, 11) is 0. The van der Waals surface area contributed by atoms with Gasteiger partial charge in [-0.05, 0) is 58.7 Å². The van der Waals surface area contributed by atoms with E-state index in [4.69, 9.17) is 0 Å². The number of fused-ring (bicyclic) bond motifs is 6. The normalized spacial score (nSPS) is 16.0. The lowest BCUT2D eigenvalue weighted by atomic mass is 9.90. The average Bonchev–Trinajstić information content (AvgIpc) is 3.32. The third kappa shape index (κ3) is 1.73. The lowest BCUT2D eigenvalue weighted by Crippen LogP contribution is -2.28. The first-order chi connectivity index (χ1) is 13.0. The van der Waals surface area contributed by atoms with Crippen LogP contribution in [0.25, 0.3) is 56.2 Å². The summed E-state index contributed by atoms with van der Waals surface area (Å²) in [6.07, 6.45) is 4.91. The van der Waals surface area contributed by atoms with Gasteiger partial charge in [0.25, 0.3) is 11.1 Å². The van der Waals surface area contributed by atoms with Crippen molar-refractivity contribution in [3.05, 3.63) is 55.7 Å². The van der Waals surface area contributed by atoms with E-state index in [1.54, 1.807) is 0 Å². The van der Waals surface area contributed by atoms with Crippen molar-refractivity contribution in [2.24, 2.45) is 0 Å². The lowest BCUT2D eigenvalue weighted by molar-refractivity contribution is 0.502. The van der Waals surface area contributed by atoms with Gasteiger partial charge < -0.3 is 4.57 Å². The summed E-state index contributed by atoms with van der Waals surface area (Å²) in [5.74, 6) is 0. The molecule has 0 atom stereocenters. The number of H-pyrrole nitrogens is 1. The molecule has 3 aromatic carbocycles. The number of aromatic amines is 1. The Labute approximate surface area is 153 Å². The van der Waals surface area contributed by atoms with E-state index in [-0.39, 0.29) is 11.1 Å². The molecule has 0 aliphatic heterocycles. The van der Waals surface area contributed by atoms with Crippen LogP contribution in [0.3, 0.4) is 0 Å². The van der Waals surface area contributed by atoms with Crippen LogP contribution in [0.5, 0.6) is 0 Å². The van der Waals surface area contributed by atoms with Gasteiger partial charge in [-0.3, -0.25) is 14.6 Å². The maximum absolute atomic E-state index is 12.0. The van der Waals surface area contributed by atoms with Crippen molar-refractivity contribution in [3.8, 4) is 0 Å². The third-order valence-corrected chi connectivity index (χ3v) is 6.51. The zero-order chi connectivity index (χ0) is 18.4. The van der Waals surface area contributed by atoms with Crippen LogP contribution in [0.4, 0.5) is 0 Å². The maximum atomic E-state index is 12.0. The first kappa shape index (κ1) is 15.0. The Balaban J connectivity index is 1.73. The molecule has 1 aliphatic carbocycles. The van der Waals surface area contributed by atoms with Crippen molar-refractivity contribution in [1.29, 1.82) is 0 Å². The van der Waals surface area contributed by atoms with Crippen LogP contribution in [0.15, 0.2) is 33.9 Å². The first-order valence-corrected chi connectivity index (χ1v) is 9.45. The van der Waals surface area contributed by atoms with Gasteiger partial charge in [0.15, 0.2) is 0 Å². The molecular weight excluding hydrogens is 336 g/mol. The maximum Gasteiger partial charge on any atom is 0.258 e. The van der Waals surface area contributed by atoms with Gasteiger partial charge in [-0.1, -0.05) is 26.0 Å². The highest BCUT2D eigenvalue weighted by molar-refractivity contribution is 6.29. The Hall–Kier alpha value is -3.14. The van der Waals surface area contributed by atoms with Crippen LogP contribution in [-0.2, 0) is 0 Å². The number of rotatable bonds is 1. The van der Waals surface area contributed by atoms with Crippen LogP contribution in [-0.4, -0.2) is 9.55 Å². The first-order valence-electron chi connectivity index (χ1n) is 9.45. The molecule has 0 bridgehead atoms. The second-order valence-corrected chi connectivity index (χ2v) is 7.87. The highest BCUT2D eigenvalue weighted by Gasteiger charge is 2.21. The largest absolute Gasteiger partial charge is 0.338 e. The van der Waals surface area contributed by atoms with Gasteiger partial charge in [0.05, 0.1) is 10.8 Å². The topological polar surface area (TPSA) is 54.9 Å². The molecule has 0 spiro atoms. The van der Waals surface area contributed by atoms with Gasteiger partial charge in [0.2, 0.25) is 0 Å². The zero-order valence-electron chi connectivity index (χ0n) is 14.9. The van der Waals surface area contributed by atoms with Gasteiger partial charge >= 0.3 is 0 Å². The Morgan fingerprint density at radius 2 is 1.11 bits per heavy atom. The molecule has 27 heavy (non-hydrogen) atoms. The smallest absolute Gasteiger partial charge is 0.258 e. The molecule has 0 amide bonds. The van der Waals surface area contributed by atoms with Gasteiger partial charge in [-0.15, -0.1) is 0 Å². The Morgan fingerprint density at radius 1 is 0.704 bits per heavy atom. The Morgan fingerprint density at radius 3 is 1.56 bits per heavy atom. The standard InChI is InChI=1S/C23H18N2O2/c1-11-14-7-16-17(8-15(14)12(2)25(11)13-5-3-4-6-13)19-10-21-20(9-18(16)19)22(26)24-23(21)27/h7-10,13H,1-6H2,(H,24,26,27). The molecule has 1 saturated carbocycles. The van der Waals surface area contributed by atoms with Crippen molar-refractivity contribution < 1.29 is 0 Å². The van der Waals surface area contributed by atoms with E-state index in [1.165, 1.54) is 25.7 Å². The number of aromatic nitrogens is 2. The molecule has 1 N–H and O–H groups in total. The summed E-state index contributed by atoms with van der Waals surface area (Å²) in [5.41, 5.74) is -0.616. The van der Waals surface area contributed by atoms with E-state index in [1.807, 2.05) is 12.1 Å². The summed E-state index contributed by atoms with van der Waals surface area (Å²) in [4.78, 5) is 26.3. The quantitative estimate of drug-likeness (QED) is 0.503. The second kappa shape index (κ2) is 4.77. The molecule has 1 aliphatic rings. The summed E-state index contributed by atoms with van der Waals surface area (Å²) < 4.78 is 2.32. The molecule has 2 heterocycles. The minimum Gasteiger partial charge on any atom is -0.338 e. The van der Waals surface area contributed by atoms with Crippen molar-refractivity contribution in [3.63, 3.8) is 0 Å². The number of hydrogen-bond acceptors (Lipinski definition) is 2. The minimum atomic E-state index is -0.308. The highest BCUT2D eigenvalue weighted by Crippen LogP contribution is 2.38. The van der Waals surface area contributed by atoms with Crippen molar-refractivity contribution >= 4 is 56.2 Å². The van der Waals surface area contributed by atoms with E-state index < -0.39 is 0 Å². The Kier molecular flexibility index (Phi) is 2.64. The predicted molar refractivity (Wildman–Crippen MR) is 112 cm³/mol. The molecule has 4 nitrogen and oxygen atoms in total. The van der Waals surface area contributed by atoms with Gasteiger partial charge in [-0.25, -0.2) is 0 Å². The predicted octanol–water partition coefficient (Wildman–Crippen LogP) is 2.96. The van der Waals surface area contributed by atoms with E-state index >= 15 is 0 Å². The molecule has 1 fully saturated rings. The molecular formula is C23H18N2O2. The molecule has 0 unspecified atom stereocenters. The number of hydrogen-bond donors (Lipinski definition) is 1. The molecule has 0 saturated heterocycles. The highest BCUT2D eigenvalue weighted by atomic mass is 16.2. The van der Waals surface area contributed by atoms with Crippen molar-refractivity contribution in [2.45, 2.75) is 31.7 Å². The monoisotopic (exact) mass is 354 g/mol. The van der Waals surface area contributed by atoms with E-state index in [9.17, 15) is 9.59 Å². The fourth-order valence-corrected chi connectivity index (χ4v) is 5.14. The molecule has 4 heteroatoms. The minimum absolute atomic E-state index is 0.308. The lowest BCUT2D eigenvalue weighted by Gasteiger charge is -2.12. The Bertz CT molecular complexity index is 1490. The summed E-state index contributed by atoms with van der Waals surface area (Å²) in [6, 6.07) is 8.55. The molecule has 2 aromatic heterocycles. The van der Waals surface area contributed by atoms with Gasteiger partial charge in [0, 0.05) is 27.5 Å². The van der Waals surface area contributed by atoms with Crippen molar-refractivity contribution in [2.75, 3.05) is 0 Å². The van der Waals surface area contributed by atoms with Gasteiger partial charge in [0.1, 0.15) is 0 Å². The third-order valence-electron chi connectivity index (χ3n) is 6.51.